The first-order valence-corrected chi connectivity index (χ1v) is 23.7. The van der Waals surface area contributed by atoms with Crippen LogP contribution >= 0.6 is 0 Å². The molecular formula is C47H88O13. The molecule has 0 aliphatic carbocycles. The van der Waals surface area contributed by atoms with Gasteiger partial charge >= 0.3 is 29.8 Å². The zero-order valence-corrected chi connectivity index (χ0v) is 37.7. The van der Waals surface area contributed by atoms with E-state index < -0.39 is 54.5 Å². The molecule has 0 saturated heterocycles. The molecule has 0 aromatic heterocycles. The van der Waals surface area contributed by atoms with Crippen LogP contribution in [-0.2, 0) is 28.7 Å². The summed E-state index contributed by atoms with van der Waals surface area (Å²) in [4.78, 5) is 55.4. The highest BCUT2D eigenvalue weighted by Crippen LogP contribution is 2.39. The Labute approximate surface area is 362 Å². The molecule has 0 bridgehead atoms. The van der Waals surface area contributed by atoms with Gasteiger partial charge in [-0.05, 0) is 44.9 Å². The highest BCUT2D eigenvalue weighted by molar-refractivity contribution is 5.77. The van der Waals surface area contributed by atoms with E-state index in [-0.39, 0.29) is 38.3 Å². The summed E-state index contributed by atoms with van der Waals surface area (Å²) in [5, 5.41) is 63.6. The summed E-state index contributed by atoms with van der Waals surface area (Å²) in [5.74, 6) is -3.56. The molecule has 0 spiro atoms. The predicted molar refractivity (Wildman–Crippen MR) is 235 cm³/mol. The number of aliphatic hydroxyl groups is 3. The summed E-state index contributed by atoms with van der Waals surface area (Å²) >= 11 is 0. The minimum absolute atomic E-state index is 0.0628. The third-order valence-electron chi connectivity index (χ3n) is 11.6. The summed E-state index contributed by atoms with van der Waals surface area (Å²) in [7, 11) is 0. The molecule has 0 amide bonds. The molecule has 13 nitrogen and oxygen atoms in total. The molecule has 0 aromatic carbocycles. The first-order valence-electron chi connectivity index (χ1n) is 23.7. The summed E-state index contributed by atoms with van der Waals surface area (Å²) in [6, 6.07) is 0. The Kier molecular flexibility index (Phi) is 41.1. The van der Waals surface area contributed by atoms with Crippen LogP contribution in [0.4, 0.5) is 0 Å². The third-order valence-corrected chi connectivity index (χ3v) is 11.6. The van der Waals surface area contributed by atoms with Crippen LogP contribution in [0.2, 0.25) is 0 Å². The number of esters is 1. The average molecular weight is 861 g/mol. The van der Waals surface area contributed by atoms with Gasteiger partial charge in [-0.2, -0.15) is 0 Å². The van der Waals surface area contributed by atoms with Crippen molar-refractivity contribution in [3.05, 3.63) is 0 Å². The topological polar surface area (TPSA) is 236 Å². The lowest BCUT2D eigenvalue weighted by molar-refractivity contribution is -0.165. The Morgan fingerprint density at radius 1 is 0.367 bits per heavy atom. The molecule has 0 aliphatic heterocycles. The molecule has 0 heterocycles. The van der Waals surface area contributed by atoms with Crippen molar-refractivity contribution in [2.75, 3.05) is 26.4 Å². The number of carbonyl (C=O) groups is 5. The lowest BCUT2D eigenvalue weighted by Crippen LogP contribution is -2.42. The fraction of sp³-hybridized carbons (Fsp3) is 0.894. The van der Waals surface area contributed by atoms with Crippen LogP contribution in [0.15, 0.2) is 0 Å². The van der Waals surface area contributed by atoms with Crippen molar-refractivity contribution in [1.29, 1.82) is 0 Å². The Morgan fingerprint density at radius 3 is 0.850 bits per heavy atom. The van der Waals surface area contributed by atoms with Crippen molar-refractivity contribution in [2.24, 2.45) is 10.8 Å². The number of unbranched alkanes of at least 4 members (excludes halogenated alkanes) is 24. The third kappa shape index (κ3) is 37.0. The maximum Gasteiger partial charge on any atom is 0.312 e. The van der Waals surface area contributed by atoms with Gasteiger partial charge in [0.05, 0.1) is 30.7 Å². The number of rotatable bonds is 44. The van der Waals surface area contributed by atoms with Crippen molar-refractivity contribution in [3.8, 4) is 0 Å². The van der Waals surface area contributed by atoms with E-state index in [1.165, 1.54) is 70.6 Å². The molecule has 7 N–H and O–H groups in total. The molecule has 60 heavy (non-hydrogen) atoms. The quantitative estimate of drug-likeness (QED) is 0.0223. The zero-order chi connectivity index (χ0) is 45.2. The fourth-order valence-corrected chi connectivity index (χ4v) is 7.44. The van der Waals surface area contributed by atoms with Gasteiger partial charge in [-0.1, -0.05) is 161 Å². The predicted octanol–water partition coefficient (Wildman–Crippen LogP) is 10.5. The summed E-state index contributed by atoms with van der Waals surface area (Å²) in [6.45, 7) is 0.568. The smallest absolute Gasteiger partial charge is 0.312 e. The molecule has 354 valence electrons. The fourth-order valence-electron chi connectivity index (χ4n) is 7.44. The molecule has 0 radical (unpaired) electrons. The van der Waals surface area contributed by atoms with Crippen molar-refractivity contribution in [3.63, 3.8) is 0 Å². The number of carbonyl (C=O) groups excluding carboxylic acids is 1. The molecule has 1 atom stereocenters. The van der Waals surface area contributed by atoms with Crippen LogP contribution in [0, 0.1) is 10.8 Å². The average Bonchev–Trinajstić information content (AvgIpc) is 3.21. The Hall–Kier alpha value is -2.77. The second-order valence-corrected chi connectivity index (χ2v) is 17.2. The molecule has 0 rings (SSSR count). The summed E-state index contributed by atoms with van der Waals surface area (Å²) < 4.78 is 5.85. The molecule has 0 aliphatic rings. The number of aliphatic hydroxyl groups excluding tert-OH is 3. The van der Waals surface area contributed by atoms with E-state index in [1.54, 1.807) is 0 Å². The van der Waals surface area contributed by atoms with Gasteiger partial charge in [0.15, 0.2) is 0 Å². The highest BCUT2D eigenvalue weighted by Gasteiger charge is 2.40. The van der Waals surface area contributed by atoms with E-state index in [2.05, 4.69) is 6.92 Å². The standard InChI is InChI=1S/C41H78O9.C6H10O4/c1-2-3-4-5-6-7-8-9-10-11-12-15-20-25-30-41(32-27-22-17-19-24-29-38(47)48,39(49)50-36-40(33-42,34-43)35-44)31-26-21-16-13-14-18-23-28-37(45)46;7-5(8)3-1-2-4-6(9)10/h42-44H,2-36H2,1H3,(H,45,46)(H,47,48);1-4H2,(H,7,8)(H,9,10). The van der Waals surface area contributed by atoms with E-state index in [4.69, 9.17) is 25.2 Å². The van der Waals surface area contributed by atoms with Gasteiger partial charge in [-0.3, -0.25) is 24.0 Å². The van der Waals surface area contributed by atoms with E-state index in [0.717, 1.165) is 89.9 Å². The van der Waals surface area contributed by atoms with Crippen LogP contribution in [0.3, 0.4) is 0 Å². The molecular weight excluding hydrogens is 773 g/mol. The lowest BCUT2D eigenvalue weighted by atomic mass is 9.73. The first-order chi connectivity index (χ1) is 28.8. The summed E-state index contributed by atoms with van der Waals surface area (Å²) in [5.41, 5.74) is -1.95. The minimum atomic E-state index is -1.28. The van der Waals surface area contributed by atoms with E-state index in [0.29, 0.717) is 38.5 Å². The molecule has 13 heteroatoms. The highest BCUT2D eigenvalue weighted by atomic mass is 16.5. The lowest BCUT2D eigenvalue weighted by Gasteiger charge is -2.34. The van der Waals surface area contributed by atoms with E-state index in [1.807, 2.05) is 0 Å². The SMILES string of the molecule is CCCCCCCCCCCCCCCCC(CCCCCCCCCC(=O)O)(CCCCCCCC(=O)O)C(=O)OCC(CO)(CO)CO.O=C(O)CCCCC(=O)O. The van der Waals surface area contributed by atoms with Gasteiger partial charge in [0.25, 0.3) is 0 Å². The number of hydrogen-bond donors (Lipinski definition) is 7. The van der Waals surface area contributed by atoms with Crippen molar-refractivity contribution < 1.29 is 64.5 Å². The monoisotopic (exact) mass is 861 g/mol. The summed E-state index contributed by atoms with van der Waals surface area (Å²) in [6.07, 6.45) is 31.9. The van der Waals surface area contributed by atoms with Crippen molar-refractivity contribution >= 4 is 29.8 Å². The van der Waals surface area contributed by atoms with Crippen LogP contribution < -0.4 is 0 Å². The van der Waals surface area contributed by atoms with Gasteiger partial charge in [0.1, 0.15) is 6.61 Å². The number of carboxylic acid groups (broad SMARTS) is 4. The van der Waals surface area contributed by atoms with Gasteiger partial charge in [-0.15, -0.1) is 0 Å². The van der Waals surface area contributed by atoms with Crippen LogP contribution in [-0.4, -0.2) is 92.0 Å². The maximum atomic E-state index is 14.0. The Morgan fingerprint density at radius 2 is 0.600 bits per heavy atom. The molecule has 1 unspecified atom stereocenters. The van der Waals surface area contributed by atoms with Gasteiger partial charge < -0.3 is 40.5 Å². The van der Waals surface area contributed by atoms with Gasteiger partial charge in [0, 0.05) is 25.7 Å². The van der Waals surface area contributed by atoms with Crippen LogP contribution in [0.25, 0.3) is 0 Å². The van der Waals surface area contributed by atoms with E-state index in [9.17, 15) is 39.3 Å². The number of ether oxygens (including phenoxy) is 1. The van der Waals surface area contributed by atoms with Gasteiger partial charge in [-0.25, -0.2) is 0 Å². The molecule has 0 saturated carbocycles. The first kappa shape index (κ1) is 59.3. The second-order valence-electron chi connectivity index (χ2n) is 17.2. The molecule has 0 aromatic rings. The second kappa shape index (κ2) is 41.6. The number of aliphatic carboxylic acids is 4. The Bertz CT molecular complexity index is 1040. The van der Waals surface area contributed by atoms with Crippen LogP contribution in [0.5, 0.6) is 0 Å². The largest absolute Gasteiger partial charge is 0.481 e. The van der Waals surface area contributed by atoms with Crippen molar-refractivity contribution in [1.82, 2.24) is 0 Å². The Balaban J connectivity index is 0. The van der Waals surface area contributed by atoms with E-state index >= 15 is 0 Å². The minimum Gasteiger partial charge on any atom is -0.481 e. The normalized spacial score (nSPS) is 12.3. The number of carboxylic acids is 4. The van der Waals surface area contributed by atoms with Crippen LogP contribution in [0.1, 0.15) is 232 Å². The zero-order valence-electron chi connectivity index (χ0n) is 37.7. The maximum absolute atomic E-state index is 14.0. The molecule has 0 fully saturated rings. The van der Waals surface area contributed by atoms with Crippen molar-refractivity contribution in [2.45, 2.75) is 232 Å². The van der Waals surface area contributed by atoms with Gasteiger partial charge in [0.2, 0.25) is 0 Å². The number of hydrogen-bond acceptors (Lipinski definition) is 9.